The van der Waals surface area contributed by atoms with Gasteiger partial charge in [0.05, 0.1) is 22.0 Å². The Hall–Kier alpha value is -3.27. The maximum absolute atomic E-state index is 13.6. The Labute approximate surface area is 196 Å². The fourth-order valence-electron chi connectivity index (χ4n) is 3.71. The molecule has 1 aliphatic rings. The van der Waals surface area contributed by atoms with Crippen LogP contribution < -0.4 is 10.6 Å². The molecule has 33 heavy (non-hydrogen) atoms. The number of rotatable bonds is 5. The minimum Gasteiger partial charge on any atom is -0.444 e. The molecule has 2 amide bonds. The zero-order chi connectivity index (χ0) is 23.6. The Morgan fingerprint density at radius 1 is 1.24 bits per heavy atom. The molecule has 1 saturated heterocycles. The SMILES string of the molecule is C[C@H](Nc1nc(C(=O)N2CCC[C@H]2NC(=O)OC(C)(C)C)c2sccc2n1)c1ccccn1. The Balaban J connectivity index is 1.57. The van der Waals surface area contributed by atoms with Gasteiger partial charge in [-0.05, 0) is 64.1 Å². The van der Waals surface area contributed by atoms with Gasteiger partial charge in [-0.15, -0.1) is 11.3 Å². The van der Waals surface area contributed by atoms with Crippen LogP contribution >= 0.6 is 11.3 Å². The molecule has 0 aliphatic carbocycles. The number of hydrogen-bond donors (Lipinski definition) is 2. The molecule has 2 N–H and O–H groups in total. The molecule has 0 bridgehead atoms. The summed E-state index contributed by atoms with van der Waals surface area (Å²) in [6.45, 7) is 7.91. The van der Waals surface area contributed by atoms with Gasteiger partial charge in [-0.1, -0.05) is 6.07 Å². The third kappa shape index (κ3) is 5.39. The predicted molar refractivity (Wildman–Crippen MR) is 127 cm³/mol. The van der Waals surface area contributed by atoms with Crippen LogP contribution in [0.2, 0.25) is 0 Å². The first-order valence-corrected chi connectivity index (χ1v) is 11.8. The van der Waals surface area contributed by atoms with Crippen molar-refractivity contribution < 1.29 is 14.3 Å². The van der Waals surface area contributed by atoms with Gasteiger partial charge >= 0.3 is 6.09 Å². The van der Waals surface area contributed by atoms with Gasteiger partial charge in [0.15, 0.2) is 5.69 Å². The average Bonchev–Trinajstić information content (AvgIpc) is 3.41. The average molecular weight is 469 g/mol. The number of nitrogens with zero attached hydrogens (tertiary/aromatic N) is 4. The van der Waals surface area contributed by atoms with Crippen LogP contribution in [0.3, 0.4) is 0 Å². The van der Waals surface area contributed by atoms with Crippen molar-refractivity contribution in [2.75, 3.05) is 11.9 Å². The van der Waals surface area contributed by atoms with E-state index in [0.29, 0.717) is 30.1 Å². The van der Waals surface area contributed by atoms with E-state index < -0.39 is 17.9 Å². The fourth-order valence-corrected chi connectivity index (χ4v) is 4.52. The first kappa shape index (κ1) is 22.9. The van der Waals surface area contributed by atoms with Gasteiger partial charge in [0.1, 0.15) is 11.8 Å². The third-order valence-corrected chi connectivity index (χ3v) is 6.09. The number of ether oxygens (including phenoxy) is 1. The highest BCUT2D eigenvalue weighted by Gasteiger charge is 2.34. The number of alkyl carbamates (subject to hydrolysis) is 1. The van der Waals surface area contributed by atoms with E-state index in [1.165, 1.54) is 11.3 Å². The van der Waals surface area contributed by atoms with Crippen molar-refractivity contribution in [3.05, 3.63) is 47.2 Å². The van der Waals surface area contributed by atoms with E-state index in [1.54, 1.807) is 31.9 Å². The summed E-state index contributed by atoms with van der Waals surface area (Å²) >= 11 is 1.42. The molecule has 3 aromatic heterocycles. The number of fused-ring (bicyclic) bond motifs is 1. The number of carbonyl (C=O) groups excluding carboxylic acids is 2. The van der Waals surface area contributed by atoms with Crippen molar-refractivity contribution in [1.82, 2.24) is 25.2 Å². The monoisotopic (exact) mass is 468 g/mol. The Bertz CT molecular complexity index is 1140. The Kier molecular flexibility index (Phi) is 6.46. The van der Waals surface area contributed by atoms with Crippen LogP contribution in [-0.2, 0) is 4.74 Å². The number of anilines is 1. The molecule has 1 aliphatic heterocycles. The topological polar surface area (TPSA) is 109 Å². The lowest BCUT2D eigenvalue weighted by Crippen LogP contribution is -2.48. The number of aromatic nitrogens is 3. The van der Waals surface area contributed by atoms with Gasteiger partial charge in [0.2, 0.25) is 5.95 Å². The van der Waals surface area contributed by atoms with E-state index in [9.17, 15) is 9.59 Å². The maximum Gasteiger partial charge on any atom is 0.409 e. The van der Waals surface area contributed by atoms with Crippen molar-refractivity contribution in [1.29, 1.82) is 0 Å². The molecule has 0 spiro atoms. The highest BCUT2D eigenvalue weighted by molar-refractivity contribution is 7.17. The molecule has 0 radical (unpaired) electrons. The number of pyridine rings is 1. The molecule has 9 nitrogen and oxygen atoms in total. The lowest BCUT2D eigenvalue weighted by Gasteiger charge is -2.27. The van der Waals surface area contributed by atoms with Crippen LogP contribution in [0, 0.1) is 0 Å². The zero-order valence-electron chi connectivity index (χ0n) is 19.2. The smallest absolute Gasteiger partial charge is 0.409 e. The van der Waals surface area contributed by atoms with E-state index in [4.69, 9.17) is 4.74 Å². The molecule has 10 heteroatoms. The Morgan fingerprint density at radius 3 is 2.79 bits per heavy atom. The quantitative estimate of drug-likeness (QED) is 0.573. The highest BCUT2D eigenvalue weighted by atomic mass is 32.1. The van der Waals surface area contributed by atoms with Crippen LogP contribution in [0.15, 0.2) is 35.8 Å². The summed E-state index contributed by atoms with van der Waals surface area (Å²) in [5, 5.41) is 7.97. The van der Waals surface area contributed by atoms with Crippen LogP contribution in [0.1, 0.15) is 62.8 Å². The van der Waals surface area contributed by atoms with E-state index in [2.05, 4.69) is 25.6 Å². The minimum absolute atomic E-state index is 0.140. The molecule has 0 unspecified atom stereocenters. The third-order valence-electron chi connectivity index (χ3n) is 5.18. The second-order valence-electron chi connectivity index (χ2n) is 8.95. The van der Waals surface area contributed by atoms with Crippen molar-refractivity contribution in [3.8, 4) is 0 Å². The first-order valence-electron chi connectivity index (χ1n) is 10.9. The van der Waals surface area contributed by atoms with Crippen molar-refractivity contribution in [2.24, 2.45) is 0 Å². The van der Waals surface area contributed by atoms with E-state index in [-0.39, 0.29) is 11.9 Å². The van der Waals surface area contributed by atoms with Crippen LogP contribution in [0.5, 0.6) is 0 Å². The van der Waals surface area contributed by atoms with Gasteiger partial charge in [-0.25, -0.2) is 14.8 Å². The van der Waals surface area contributed by atoms with Gasteiger partial charge in [-0.2, -0.15) is 0 Å². The molecule has 3 aromatic rings. The largest absolute Gasteiger partial charge is 0.444 e. The normalized spacial score (nSPS) is 17.1. The summed E-state index contributed by atoms with van der Waals surface area (Å²) in [6, 6.07) is 7.43. The molecule has 2 atom stereocenters. The van der Waals surface area contributed by atoms with Crippen LogP contribution in [-0.4, -0.2) is 50.2 Å². The summed E-state index contributed by atoms with van der Waals surface area (Å²) in [5.41, 5.74) is 1.26. The molecule has 0 saturated carbocycles. The van der Waals surface area contributed by atoms with Gasteiger partial charge in [0, 0.05) is 12.7 Å². The first-order chi connectivity index (χ1) is 15.7. The number of carbonyl (C=O) groups is 2. The van der Waals surface area contributed by atoms with Crippen LogP contribution in [0.4, 0.5) is 10.7 Å². The van der Waals surface area contributed by atoms with Crippen molar-refractivity contribution in [3.63, 3.8) is 0 Å². The van der Waals surface area contributed by atoms with E-state index in [1.807, 2.05) is 36.6 Å². The second-order valence-corrected chi connectivity index (χ2v) is 9.87. The molecule has 4 heterocycles. The standard InChI is InChI=1S/C23H28N6O3S/c1-14(15-8-5-6-11-24-15)25-21-26-16-10-13-33-19(16)18(28-21)20(30)29-12-7-9-17(29)27-22(31)32-23(2,3)4/h5-6,8,10-11,13-14,17H,7,9,12H2,1-4H3,(H,27,31)(H,25,26,28)/t14-,17-/m0/s1. The number of likely N-dealkylation sites (tertiary alicyclic amines) is 1. The van der Waals surface area contributed by atoms with Gasteiger partial charge in [0.25, 0.3) is 5.91 Å². The van der Waals surface area contributed by atoms with Gasteiger partial charge in [-0.3, -0.25) is 9.78 Å². The summed E-state index contributed by atoms with van der Waals surface area (Å²) in [6.07, 6.45) is 2.19. The molecular weight excluding hydrogens is 440 g/mol. The molecule has 0 aromatic carbocycles. The van der Waals surface area contributed by atoms with E-state index in [0.717, 1.165) is 16.8 Å². The maximum atomic E-state index is 13.6. The molecule has 4 rings (SSSR count). The minimum atomic E-state index is -0.613. The number of amides is 2. The van der Waals surface area contributed by atoms with E-state index >= 15 is 0 Å². The zero-order valence-corrected chi connectivity index (χ0v) is 20.0. The lowest BCUT2D eigenvalue weighted by atomic mass is 10.2. The molecular formula is C23H28N6O3S. The number of hydrogen-bond acceptors (Lipinski definition) is 8. The molecule has 174 valence electrons. The summed E-state index contributed by atoms with van der Waals surface area (Å²) in [5.74, 6) is 0.121. The number of nitrogens with one attached hydrogen (secondary N) is 2. The van der Waals surface area contributed by atoms with Crippen molar-refractivity contribution in [2.45, 2.75) is 58.3 Å². The molecule has 1 fully saturated rings. The Morgan fingerprint density at radius 2 is 2.06 bits per heavy atom. The lowest BCUT2D eigenvalue weighted by molar-refractivity contribution is 0.0432. The highest BCUT2D eigenvalue weighted by Crippen LogP contribution is 2.28. The summed E-state index contributed by atoms with van der Waals surface area (Å²) in [4.78, 5) is 41.0. The second kappa shape index (κ2) is 9.30. The van der Waals surface area contributed by atoms with Crippen LogP contribution in [0.25, 0.3) is 10.2 Å². The summed E-state index contributed by atoms with van der Waals surface area (Å²) < 4.78 is 6.09. The predicted octanol–water partition coefficient (Wildman–Crippen LogP) is 4.35. The number of thiophene rings is 1. The fraction of sp³-hybridized carbons (Fsp3) is 0.435. The van der Waals surface area contributed by atoms with Gasteiger partial charge < -0.3 is 20.3 Å². The summed E-state index contributed by atoms with van der Waals surface area (Å²) in [7, 11) is 0. The van der Waals surface area contributed by atoms with Crippen molar-refractivity contribution >= 4 is 39.5 Å².